The molecule has 1 aromatic carbocycles. The predicted octanol–water partition coefficient (Wildman–Crippen LogP) is 3.42. The highest BCUT2D eigenvalue weighted by Crippen LogP contribution is 2.38. The molecule has 1 N–H and O–H groups in total. The van der Waals surface area contributed by atoms with Gasteiger partial charge in [0.25, 0.3) is 0 Å². The number of nitrogens with one attached hydrogen (secondary N) is 1. The lowest BCUT2D eigenvalue weighted by Crippen LogP contribution is -2.27. The average Bonchev–Trinajstić information content (AvgIpc) is 3.24. The molecule has 0 saturated heterocycles. The zero-order valence-electron chi connectivity index (χ0n) is 13.2. The lowest BCUT2D eigenvalue weighted by Gasteiger charge is -2.19. The van der Waals surface area contributed by atoms with Crippen LogP contribution in [-0.2, 0) is 11.3 Å². The molecule has 3 heterocycles. The molecular formula is C18H15FN4OS. The van der Waals surface area contributed by atoms with Crippen LogP contribution in [0.3, 0.4) is 0 Å². The van der Waals surface area contributed by atoms with Crippen molar-refractivity contribution in [2.75, 3.05) is 16.8 Å². The van der Waals surface area contributed by atoms with Gasteiger partial charge in [0.05, 0.1) is 18.2 Å². The van der Waals surface area contributed by atoms with Crippen LogP contribution in [0.5, 0.6) is 0 Å². The lowest BCUT2D eigenvalue weighted by molar-refractivity contribution is -0.117. The Balaban J connectivity index is 1.61. The minimum absolute atomic E-state index is 0.133. The second-order valence-electron chi connectivity index (χ2n) is 5.78. The van der Waals surface area contributed by atoms with Gasteiger partial charge in [0, 0.05) is 30.0 Å². The summed E-state index contributed by atoms with van der Waals surface area (Å²) in [6.07, 6.45) is 3.37. The van der Waals surface area contributed by atoms with Crippen LogP contribution in [0.25, 0.3) is 0 Å². The smallest absolute Gasteiger partial charge is 0.235 e. The van der Waals surface area contributed by atoms with Gasteiger partial charge in [-0.05, 0) is 29.8 Å². The fourth-order valence-corrected chi connectivity index (χ4v) is 3.57. The summed E-state index contributed by atoms with van der Waals surface area (Å²) in [5, 5.41) is 5.21. The van der Waals surface area contributed by atoms with Crippen LogP contribution in [0.2, 0.25) is 0 Å². The van der Waals surface area contributed by atoms with Gasteiger partial charge in [-0.15, -0.1) is 11.3 Å². The molecule has 0 fully saturated rings. The van der Waals surface area contributed by atoms with Crippen molar-refractivity contribution in [1.82, 2.24) is 9.97 Å². The van der Waals surface area contributed by atoms with E-state index in [4.69, 9.17) is 0 Å². The summed E-state index contributed by atoms with van der Waals surface area (Å²) in [6, 6.07) is 10.3. The highest BCUT2D eigenvalue weighted by atomic mass is 32.1. The van der Waals surface area contributed by atoms with Gasteiger partial charge < -0.3 is 10.2 Å². The van der Waals surface area contributed by atoms with Crippen molar-refractivity contribution in [2.24, 2.45) is 0 Å². The summed E-state index contributed by atoms with van der Waals surface area (Å²) in [6.45, 7) is 1.00. The molecule has 0 radical (unpaired) electrons. The Labute approximate surface area is 148 Å². The van der Waals surface area contributed by atoms with Crippen molar-refractivity contribution in [2.45, 2.75) is 12.5 Å². The number of aromatic nitrogens is 2. The fraction of sp³-hybridized carbons (Fsp3) is 0.167. The van der Waals surface area contributed by atoms with Gasteiger partial charge >= 0.3 is 0 Å². The van der Waals surface area contributed by atoms with E-state index in [9.17, 15) is 9.18 Å². The molecule has 0 saturated carbocycles. The van der Waals surface area contributed by atoms with E-state index in [1.807, 2.05) is 23.1 Å². The third kappa shape index (κ3) is 3.23. The van der Waals surface area contributed by atoms with E-state index in [1.54, 1.807) is 23.8 Å². The topological polar surface area (TPSA) is 58.1 Å². The first-order valence-corrected chi connectivity index (χ1v) is 8.73. The molecule has 0 spiro atoms. The minimum atomic E-state index is -0.372. The molecule has 0 bridgehead atoms. The Bertz CT molecular complexity index is 885. The van der Waals surface area contributed by atoms with Gasteiger partial charge in [0.2, 0.25) is 5.91 Å². The number of thiazole rings is 1. The number of amides is 1. The van der Waals surface area contributed by atoms with E-state index in [2.05, 4.69) is 15.3 Å². The van der Waals surface area contributed by atoms with Crippen LogP contribution < -0.4 is 10.2 Å². The SMILES string of the molecule is O=C(Nc1nccs1)C1CN(Cc2ccccn2)c2cc(F)ccc21. The second-order valence-corrected chi connectivity index (χ2v) is 6.68. The lowest BCUT2D eigenvalue weighted by atomic mass is 10.0. The van der Waals surface area contributed by atoms with E-state index in [1.165, 1.54) is 23.5 Å². The Morgan fingerprint density at radius 3 is 2.96 bits per heavy atom. The highest BCUT2D eigenvalue weighted by molar-refractivity contribution is 7.13. The molecular weight excluding hydrogens is 339 g/mol. The molecule has 2 aromatic heterocycles. The predicted molar refractivity (Wildman–Crippen MR) is 95.2 cm³/mol. The normalized spacial score (nSPS) is 15.9. The van der Waals surface area contributed by atoms with Crippen LogP contribution in [0, 0.1) is 5.82 Å². The van der Waals surface area contributed by atoms with Crippen molar-refractivity contribution in [3.63, 3.8) is 0 Å². The van der Waals surface area contributed by atoms with Gasteiger partial charge in [-0.3, -0.25) is 9.78 Å². The molecule has 1 atom stereocenters. The number of halogens is 1. The third-order valence-electron chi connectivity index (χ3n) is 4.17. The number of pyridine rings is 1. The van der Waals surface area contributed by atoms with Gasteiger partial charge in [-0.25, -0.2) is 9.37 Å². The molecule has 1 unspecified atom stereocenters. The molecule has 126 valence electrons. The molecule has 25 heavy (non-hydrogen) atoms. The first-order valence-electron chi connectivity index (χ1n) is 7.85. The second kappa shape index (κ2) is 6.60. The number of nitrogens with zero attached hydrogens (tertiary/aromatic N) is 3. The third-order valence-corrected chi connectivity index (χ3v) is 4.86. The zero-order chi connectivity index (χ0) is 17.2. The molecule has 1 aliphatic rings. The van der Waals surface area contributed by atoms with Crippen molar-refractivity contribution in [3.8, 4) is 0 Å². The summed E-state index contributed by atoms with van der Waals surface area (Å²) < 4.78 is 13.8. The van der Waals surface area contributed by atoms with Gasteiger partial charge in [0.15, 0.2) is 5.13 Å². The quantitative estimate of drug-likeness (QED) is 0.780. The number of carbonyl (C=O) groups is 1. The molecule has 7 heteroatoms. The van der Waals surface area contributed by atoms with Crippen LogP contribution in [0.1, 0.15) is 17.2 Å². The minimum Gasteiger partial charge on any atom is -0.364 e. The van der Waals surface area contributed by atoms with Crippen molar-refractivity contribution in [1.29, 1.82) is 0 Å². The molecule has 1 aliphatic heterocycles. The number of rotatable bonds is 4. The first kappa shape index (κ1) is 15.7. The van der Waals surface area contributed by atoms with E-state index in [0.717, 1.165) is 16.9 Å². The first-order chi connectivity index (χ1) is 12.2. The summed E-state index contributed by atoms with van der Waals surface area (Å²) in [7, 11) is 0. The largest absolute Gasteiger partial charge is 0.364 e. The van der Waals surface area contributed by atoms with E-state index in [0.29, 0.717) is 18.2 Å². The number of carbonyl (C=O) groups excluding carboxylic acids is 1. The Morgan fingerprint density at radius 1 is 1.28 bits per heavy atom. The highest BCUT2D eigenvalue weighted by Gasteiger charge is 2.34. The number of hydrogen-bond donors (Lipinski definition) is 1. The molecule has 3 aromatic rings. The van der Waals surface area contributed by atoms with Crippen molar-refractivity contribution >= 4 is 28.1 Å². The summed E-state index contributed by atoms with van der Waals surface area (Å²) >= 11 is 1.37. The number of hydrogen-bond acceptors (Lipinski definition) is 5. The number of fused-ring (bicyclic) bond motifs is 1. The summed E-state index contributed by atoms with van der Waals surface area (Å²) in [4.78, 5) is 23.1. The van der Waals surface area contributed by atoms with E-state index < -0.39 is 0 Å². The summed E-state index contributed by atoms with van der Waals surface area (Å²) in [5.74, 6) is -0.819. The van der Waals surface area contributed by atoms with Gasteiger partial charge in [-0.2, -0.15) is 0 Å². The van der Waals surface area contributed by atoms with Gasteiger partial charge in [-0.1, -0.05) is 12.1 Å². The van der Waals surface area contributed by atoms with Crippen LogP contribution >= 0.6 is 11.3 Å². The molecule has 5 nitrogen and oxygen atoms in total. The molecule has 1 amide bonds. The average molecular weight is 354 g/mol. The Kier molecular flexibility index (Phi) is 4.15. The molecule has 0 aliphatic carbocycles. The number of benzene rings is 1. The van der Waals surface area contributed by atoms with Crippen molar-refractivity contribution in [3.05, 3.63) is 71.2 Å². The van der Waals surface area contributed by atoms with E-state index in [-0.39, 0.29) is 17.6 Å². The maximum absolute atomic E-state index is 13.8. The van der Waals surface area contributed by atoms with Crippen LogP contribution in [0.15, 0.2) is 54.2 Å². The van der Waals surface area contributed by atoms with Crippen LogP contribution in [0.4, 0.5) is 15.2 Å². The number of anilines is 2. The fourth-order valence-electron chi connectivity index (χ4n) is 3.04. The monoisotopic (exact) mass is 354 g/mol. The summed E-state index contributed by atoms with van der Waals surface area (Å²) in [5.41, 5.74) is 2.44. The Morgan fingerprint density at radius 2 is 2.20 bits per heavy atom. The van der Waals surface area contributed by atoms with E-state index >= 15 is 0 Å². The van der Waals surface area contributed by atoms with Gasteiger partial charge in [0.1, 0.15) is 5.82 Å². The standard InChI is InChI=1S/C18H15FN4OS/c19-12-4-5-14-15(17(24)22-18-21-7-8-25-18)11-23(16(14)9-12)10-13-3-1-2-6-20-13/h1-9,15H,10-11H2,(H,21,22,24). The maximum atomic E-state index is 13.8. The Hall–Kier alpha value is -2.80. The zero-order valence-corrected chi connectivity index (χ0v) is 14.0. The van der Waals surface area contributed by atoms with Crippen molar-refractivity contribution < 1.29 is 9.18 Å². The molecule has 4 rings (SSSR count). The maximum Gasteiger partial charge on any atom is 0.235 e. The van der Waals surface area contributed by atoms with Crippen LogP contribution in [-0.4, -0.2) is 22.4 Å².